The Kier molecular flexibility index (Phi) is 2.34. The van der Waals surface area contributed by atoms with Crippen molar-refractivity contribution >= 4 is 15.9 Å². The minimum atomic E-state index is 0.559. The lowest BCUT2D eigenvalue weighted by Crippen LogP contribution is -1.89. The van der Waals surface area contributed by atoms with Crippen molar-refractivity contribution in [3.63, 3.8) is 0 Å². The van der Waals surface area contributed by atoms with Crippen LogP contribution in [0.25, 0.3) is 0 Å². The van der Waals surface area contributed by atoms with Crippen molar-refractivity contribution in [1.82, 2.24) is 0 Å². The molecule has 0 saturated carbocycles. The first-order valence-electron chi connectivity index (χ1n) is 2.92. The van der Waals surface area contributed by atoms with Gasteiger partial charge in [-0.1, -0.05) is 22.9 Å². The number of halogens is 1. The summed E-state index contributed by atoms with van der Waals surface area (Å²) in [7, 11) is 0. The van der Waals surface area contributed by atoms with Crippen molar-refractivity contribution in [3.05, 3.63) is 24.2 Å². The first-order chi connectivity index (χ1) is 4.34. The summed E-state index contributed by atoms with van der Waals surface area (Å²) in [6.45, 7) is 2.15. The van der Waals surface area contributed by atoms with Gasteiger partial charge in [0.05, 0.1) is 12.5 Å². The highest BCUT2D eigenvalue weighted by Crippen LogP contribution is 2.16. The number of furan rings is 1. The summed E-state index contributed by atoms with van der Waals surface area (Å²) in [6.07, 6.45) is 3.49. The number of alkyl halides is 1. The third-order valence-electron chi connectivity index (χ3n) is 1.34. The molecule has 1 aromatic heterocycles. The highest BCUT2D eigenvalue weighted by Gasteiger charge is 2.02. The van der Waals surface area contributed by atoms with Crippen LogP contribution in [0.15, 0.2) is 23.0 Å². The Bertz CT molecular complexity index is 157. The van der Waals surface area contributed by atoms with Crippen molar-refractivity contribution in [2.45, 2.75) is 12.8 Å². The molecule has 0 aromatic carbocycles. The van der Waals surface area contributed by atoms with Crippen molar-refractivity contribution in [1.29, 1.82) is 0 Å². The van der Waals surface area contributed by atoms with E-state index in [0.29, 0.717) is 5.92 Å². The van der Waals surface area contributed by atoms with E-state index in [1.807, 2.05) is 6.07 Å². The van der Waals surface area contributed by atoms with E-state index in [9.17, 15) is 0 Å². The number of rotatable bonds is 2. The van der Waals surface area contributed by atoms with Gasteiger partial charge < -0.3 is 4.42 Å². The molecule has 0 spiro atoms. The van der Waals surface area contributed by atoms with Gasteiger partial charge in [0.25, 0.3) is 0 Å². The summed E-state index contributed by atoms with van der Waals surface area (Å²) in [5.74, 6) is 0.559. The van der Waals surface area contributed by atoms with Gasteiger partial charge in [-0.05, 0) is 17.5 Å². The predicted octanol–water partition coefficient (Wildman–Crippen LogP) is 2.78. The average molecular weight is 189 g/mol. The van der Waals surface area contributed by atoms with Crippen LogP contribution in [0.2, 0.25) is 0 Å². The third kappa shape index (κ3) is 1.58. The molecule has 1 nitrogen and oxygen atoms in total. The standard InChI is InChI=1S/C7H9BrO/c1-6(4-8)7-2-3-9-5-7/h2-3,5-6H,4H2,1H3. The molecule has 1 rings (SSSR count). The molecule has 2 heteroatoms. The van der Waals surface area contributed by atoms with Gasteiger partial charge in [-0.2, -0.15) is 0 Å². The largest absolute Gasteiger partial charge is 0.472 e. The molecule has 1 aromatic rings. The zero-order valence-electron chi connectivity index (χ0n) is 5.30. The minimum absolute atomic E-state index is 0.559. The lowest BCUT2D eigenvalue weighted by Gasteiger charge is -2.00. The van der Waals surface area contributed by atoms with Crippen LogP contribution in [0.5, 0.6) is 0 Å². The molecule has 0 bridgehead atoms. The molecule has 50 valence electrons. The zero-order valence-corrected chi connectivity index (χ0v) is 6.89. The first kappa shape index (κ1) is 6.87. The van der Waals surface area contributed by atoms with E-state index < -0.39 is 0 Å². The van der Waals surface area contributed by atoms with Crippen LogP contribution in [0, 0.1) is 0 Å². The second kappa shape index (κ2) is 3.06. The molecule has 0 fully saturated rings. The van der Waals surface area contributed by atoms with E-state index in [2.05, 4.69) is 22.9 Å². The van der Waals surface area contributed by atoms with Crippen molar-refractivity contribution < 1.29 is 4.42 Å². The van der Waals surface area contributed by atoms with Crippen molar-refractivity contribution in [3.8, 4) is 0 Å². The van der Waals surface area contributed by atoms with E-state index in [1.165, 1.54) is 5.56 Å². The Hall–Kier alpha value is -0.240. The van der Waals surface area contributed by atoms with Crippen LogP contribution in [0.4, 0.5) is 0 Å². The smallest absolute Gasteiger partial charge is 0.0937 e. The molecule has 0 N–H and O–H groups in total. The van der Waals surface area contributed by atoms with Crippen LogP contribution < -0.4 is 0 Å². The number of hydrogen-bond donors (Lipinski definition) is 0. The Morgan fingerprint density at radius 3 is 3.00 bits per heavy atom. The zero-order chi connectivity index (χ0) is 6.69. The fourth-order valence-corrected chi connectivity index (χ4v) is 1.02. The monoisotopic (exact) mass is 188 g/mol. The van der Waals surface area contributed by atoms with E-state index in [4.69, 9.17) is 4.42 Å². The van der Waals surface area contributed by atoms with Crippen LogP contribution >= 0.6 is 15.9 Å². The molecule has 0 saturated heterocycles. The highest BCUT2D eigenvalue weighted by molar-refractivity contribution is 9.09. The Morgan fingerprint density at radius 2 is 2.56 bits per heavy atom. The van der Waals surface area contributed by atoms with Gasteiger partial charge in [0, 0.05) is 5.33 Å². The van der Waals surface area contributed by atoms with Crippen molar-refractivity contribution in [2.24, 2.45) is 0 Å². The summed E-state index contributed by atoms with van der Waals surface area (Å²) in [5.41, 5.74) is 1.26. The quantitative estimate of drug-likeness (QED) is 0.652. The second-order valence-electron chi connectivity index (χ2n) is 2.11. The maximum atomic E-state index is 4.92. The van der Waals surface area contributed by atoms with E-state index >= 15 is 0 Å². The summed E-state index contributed by atoms with van der Waals surface area (Å²) in [6, 6.07) is 1.99. The van der Waals surface area contributed by atoms with Gasteiger partial charge in [0.15, 0.2) is 0 Å². The summed E-state index contributed by atoms with van der Waals surface area (Å²) >= 11 is 3.39. The minimum Gasteiger partial charge on any atom is -0.472 e. The van der Waals surface area contributed by atoms with E-state index in [-0.39, 0.29) is 0 Å². The van der Waals surface area contributed by atoms with Gasteiger partial charge in [0.1, 0.15) is 0 Å². The molecule has 1 heterocycles. The van der Waals surface area contributed by atoms with Gasteiger partial charge in [-0.15, -0.1) is 0 Å². The molecule has 0 radical (unpaired) electrons. The lowest BCUT2D eigenvalue weighted by atomic mass is 10.1. The van der Waals surface area contributed by atoms with Gasteiger partial charge >= 0.3 is 0 Å². The van der Waals surface area contributed by atoms with Crippen LogP contribution in [0.3, 0.4) is 0 Å². The molecular formula is C7H9BrO. The van der Waals surface area contributed by atoms with Crippen LogP contribution in [0.1, 0.15) is 18.4 Å². The fourth-order valence-electron chi connectivity index (χ4n) is 0.644. The molecule has 0 aliphatic carbocycles. The SMILES string of the molecule is CC(CBr)c1ccoc1. The maximum absolute atomic E-state index is 4.92. The molecule has 9 heavy (non-hydrogen) atoms. The van der Waals surface area contributed by atoms with Gasteiger partial charge in [0.2, 0.25) is 0 Å². The summed E-state index contributed by atoms with van der Waals surface area (Å²) in [5, 5.41) is 0.993. The van der Waals surface area contributed by atoms with E-state index in [1.54, 1.807) is 12.5 Å². The molecule has 0 amide bonds. The van der Waals surface area contributed by atoms with Crippen LogP contribution in [-0.4, -0.2) is 5.33 Å². The number of hydrogen-bond acceptors (Lipinski definition) is 1. The fraction of sp³-hybridized carbons (Fsp3) is 0.429. The lowest BCUT2D eigenvalue weighted by molar-refractivity contribution is 0.562. The molecule has 0 aliphatic heterocycles. The van der Waals surface area contributed by atoms with Gasteiger partial charge in [-0.3, -0.25) is 0 Å². The molecule has 1 unspecified atom stereocenters. The Morgan fingerprint density at radius 1 is 1.78 bits per heavy atom. The topological polar surface area (TPSA) is 13.1 Å². The molecule has 0 aliphatic rings. The third-order valence-corrected chi connectivity index (χ3v) is 2.31. The molecular weight excluding hydrogens is 180 g/mol. The van der Waals surface area contributed by atoms with Crippen molar-refractivity contribution in [2.75, 3.05) is 5.33 Å². The summed E-state index contributed by atoms with van der Waals surface area (Å²) in [4.78, 5) is 0. The normalized spacial score (nSPS) is 13.6. The van der Waals surface area contributed by atoms with E-state index in [0.717, 1.165) is 5.33 Å². The predicted molar refractivity (Wildman–Crippen MR) is 40.9 cm³/mol. The summed E-state index contributed by atoms with van der Waals surface area (Å²) < 4.78 is 4.92. The Labute approximate surface area is 63.2 Å². The highest BCUT2D eigenvalue weighted by atomic mass is 79.9. The average Bonchev–Trinajstić information content (AvgIpc) is 2.37. The van der Waals surface area contributed by atoms with Crippen LogP contribution in [-0.2, 0) is 0 Å². The maximum Gasteiger partial charge on any atom is 0.0937 e. The molecule has 1 atom stereocenters. The first-order valence-corrected chi connectivity index (χ1v) is 4.05. The Balaban J connectivity index is 2.65. The second-order valence-corrected chi connectivity index (χ2v) is 2.76. The van der Waals surface area contributed by atoms with Gasteiger partial charge in [-0.25, -0.2) is 0 Å².